The van der Waals surface area contributed by atoms with Crippen molar-refractivity contribution in [1.82, 2.24) is 0 Å². The molecule has 3 atom stereocenters. The van der Waals surface area contributed by atoms with Gasteiger partial charge in [-0.25, -0.2) is 4.39 Å². The highest BCUT2D eigenvalue weighted by Gasteiger charge is 2.25. The second-order valence-corrected chi connectivity index (χ2v) is 2.65. The molecule has 1 saturated carbocycles. The minimum absolute atomic E-state index is 0. The molecular weight excluding hydrogens is 157 g/mol. The Balaban J connectivity index is 0.000000810. The lowest BCUT2D eigenvalue weighted by atomic mass is 9.92. The van der Waals surface area contributed by atoms with Gasteiger partial charge >= 0.3 is 0 Å². The molecule has 0 aliphatic heterocycles. The SMILES string of the molecule is Cl.NC1CC(O)CCC1F. The fraction of sp³-hybridized carbons (Fsp3) is 1.00. The van der Waals surface area contributed by atoms with E-state index in [9.17, 15) is 4.39 Å². The van der Waals surface area contributed by atoms with Crippen molar-refractivity contribution in [2.24, 2.45) is 5.73 Å². The van der Waals surface area contributed by atoms with Gasteiger partial charge in [-0.1, -0.05) is 0 Å². The first-order valence-corrected chi connectivity index (χ1v) is 3.28. The first kappa shape index (κ1) is 10.1. The summed E-state index contributed by atoms with van der Waals surface area (Å²) in [7, 11) is 0. The van der Waals surface area contributed by atoms with Crippen LogP contribution in [0.1, 0.15) is 19.3 Å². The zero-order valence-corrected chi connectivity index (χ0v) is 6.48. The van der Waals surface area contributed by atoms with Gasteiger partial charge in [-0.2, -0.15) is 0 Å². The fourth-order valence-corrected chi connectivity index (χ4v) is 1.15. The van der Waals surface area contributed by atoms with E-state index < -0.39 is 12.2 Å². The van der Waals surface area contributed by atoms with Crippen LogP contribution in [0.4, 0.5) is 4.39 Å². The van der Waals surface area contributed by atoms with Gasteiger partial charge in [-0.15, -0.1) is 12.4 Å². The zero-order chi connectivity index (χ0) is 6.85. The topological polar surface area (TPSA) is 46.2 Å². The van der Waals surface area contributed by atoms with Crippen molar-refractivity contribution in [1.29, 1.82) is 0 Å². The molecule has 1 aliphatic carbocycles. The lowest BCUT2D eigenvalue weighted by Crippen LogP contribution is -2.39. The molecule has 4 heteroatoms. The molecule has 0 spiro atoms. The highest BCUT2D eigenvalue weighted by Crippen LogP contribution is 2.19. The number of aliphatic hydroxyl groups is 1. The minimum Gasteiger partial charge on any atom is -0.393 e. The molecule has 1 aliphatic rings. The Labute approximate surface area is 66.0 Å². The number of rotatable bonds is 0. The van der Waals surface area contributed by atoms with E-state index in [4.69, 9.17) is 10.8 Å². The van der Waals surface area contributed by atoms with E-state index in [1.165, 1.54) is 0 Å². The van der Waals surface area contributed by atoms with Crippen LogP contribution in [0.5, 0.6) is 0 Å². The lowest BCUT2D eigenvalue weighted by molar-refractivity contribution is 0.0794. The Bertz CT molecular complexity index is 104. The maximum Gasteiger partial charge on any atom is 0.115 e. The maximum atomic E-state index is 12.5. The second-order valence-electron chi connectivity index (χ2n) is 2.65. The number of aliphatic hydroxyl groups excluding tert-OH is 1. The van der Waals surface area contributed by atoms with Crippen LogP contribution in [0.15, 0.2) is 0 Å². The summed E-state index contributed by atoms with van der Waals surface area (Å²) in [6, 6.07) is -0.436. The summed E-state index contributed by atoms with van der Waals surface area (Å²) in [4.78, 5) is 0. The van der Waals surface area contributed by atoms with Gasteiger partial charge in [0, 0.05) is 6.04 Å². The molecule has 62 valence electrons. The van der Waals surface area contributed by atoms with Crippen LogP contribution in [0.25, 0.3) is 0 Å². The van der Waals surface area contributed by atoms with Gasteiger partial charge in [-0.05, 0) is 19.3 Å². The van der Waals surface area contributed by atoms with E-state index >= 15 is 0 Å². The Morgan fingerprint density at radius 2 is 2.00 bits per heavy atom. The highest BCUT2D eigenvalue weighted by atomic mass is 35.5. The van der Waals surface area contributed by atoms with Gasteiger partial charge in [0.1, 0.15) is 6.17 Å². The van der Waals surface area contributed by atoms with Crippen molar-refractivity contribution in [3.8, 4) is 0 Å². The van der Waals surface area contributed by atoms with E-state index in [1.807, 2.05) is 0 Å². The van der Waals surface area contributed by atoms with Crippen molar-refractivity contribution in [3.05, 3.63) is 0 Å². The fourth-order valence-electron chi connectivity index (χ4n) is 1.15. The molecular formula is C6H13ClFNO. The zero-order valence-electron chi connectivity index (χ0n) is 5.66. The molecule has 0 radical (unpaired) electrons. The quantitative estimate of drug-likeness (QED) is 0.559. The van der Waals surface area contributed by atoms with Crippen LogP contribution in [0.3, 0.4) is 0 Å². The van der Waals surface area contributed by atoms with Crippen LogP contribution in [-0.2, 0) is 0 Å². The Morgan fingerprint density at radius 3 is 2.40 bits per heavy atom. The summed E-state index contributed by atoms with van der Waals surface area (Å²) >= 11 is 0. The minimum atomic E-state index is -0.895. The molecule has 10 heavy (non-hydrogen) atoms. The van der Waals surface area contributed by atoms with E-state index in [1.54, 1.807) is 0 Å². The number of alkyl halides is 1. The van der Waals surface area contributed by atoms with Crippen molar-refractivity contribution >= 4 is 12.4 Å². The third-order valence-corrected chi connectivity index (χ3v) is 1.78. The predicted octanol–water partition coefficient (Wildman–Crippen LogP) is 0.618. The van der Waals surface area contributed by atoms with Gasteiger partial charge in [0.2, 0.25) is 0 Å². The molecule has 0 saturated heterocycles. The van der Waals surface area contributed by atoms with Crippen LogP contribution < -0.4 is 5.73 Å². The van der Waals surface area contributed by atoms with E-state index in [2.05, 4.69) is 0 Å². The van der Waals surface area contributed by atoms with Crippen LogP contribution in [-0.4, -0.2) is 23.4 Å². The maximum absolute atomic E-state index is 12.5. The molecule has 0 aromatic rings. The lowest BCUT2D eigenvalue weighted by Gasteiger charge is -2.25. The van der Waals surface area contributed by atoms with E-state index in [0.717, 1.165) is 0 Å². The summed E-state index contributed by atoms with van der Waals surface area (Å²) in [5.41, 5.74) is 5.33. The predicted molar refractivity (Wildman–Crippen MR) is 40.0 cm³/mol. The van der Waals surface area contributed by atoms with Crippen LogP contribution in [0.2, 0.25) is 0 Å². The van der Waals surface area contributed by atoms with E-state index in [-0.39, 0.29) is 18.5 Å². The normalized spacial score (nSPS) is 40.5. The third-order valence-electron chi connectivity index (χ3n) is 1.78. The average Bonchev–Trinajstić information content (AvgIpc) is 1.80. The molecule has 0 bridgehead atoms. The largest absolute Gasteiger partial charge is 0.393 e. The number of hydrogen-bond acceptors (Lipinski definition) is 2. The van der Waals surface area contributed by atoms with Crippen molar-refractivity contribution < 1.29 is 9.50 Å². The third kappa shape index (κ3) is 2.40. The van der Waals surface area contributed by atoms with Crippen molar-refractivity contribution in [3.63, 3.8) is 0 Å². The molecule has 0 amide bonds. The molecule has 3 N–H and O–H groups in total. The number of hydrogen-bond donors (Lipinski definition) is 2. The van der Waals surface area contributed by atoms with Gasteiger partial charge in [-0.3, -0.25) is 0 Å². The number of nitrogens with two attached hydrogens (primary N) is 1. The Morgan fingerprint density at radius 1 is 1.40 bits per heavy atom. The molecule has 0 heterocycles. The van der Waals surface area contributed by atoms with Crippen LogP contribution in [0, 0.1) is 0 Å². The van der Waals surface area contributed by atoms with Crippen LogP contribution >= 0.6 is 12.4 Å². The monoisotopic (exact) mass is 169 g/mol. The van der Waals surface area contributed by atoms with Gasteiger partial charge in [0.15, 0.2) is 0 Å². The summed E-state index contributed by atoms with van der Waals surface area (Å²) in [6.45, 7) is 0. The molecule has 0 aromatic heterocycles. The van der Waals surface area contributed by atoms with Gasteiger partial charge in [0.25, 0.3) is 0 Å². The molecule has 3 unspecified atom stereocenters. The first-order chi connectivity index (χ1) is 4.20. The van der Waals surface area contributed by atoms with Gasteiger partial charge in [0.05, 0.1) is 6.10 Å². The Kier molecular flexibility index (Phi) is 4.17. The average molecular weight is 170 g/mol. The highest BCUT2D eigenvalue weighted by molar-refractivity contribution is 5.85. The summed E-state index contributed by atoms with van der Waals surface area (Å²) in [5, 5.41) is 8.95. The molecule has 0 aromatic carbocycles. The molecule has 1 fully saturated rings. The standard InChI is InChI=1S/C6H12FNO.ClH/c7-5-2-1-4(9)3-6(5)8;/h4-6,9H,1-3,8H2;1H. The molecule has 2 nitrogen and oxygen atoms in total. The van der Waals surface area contributed by atoms with Crippen molar-refractivity contribution in [2.75, 3.05) is 0 Å². The summed E-state index contributed by atoms with van der Waals surface area (Å²) in [6.07, 6.45) is 0.138. The molecule has 1 rings (SSSR count). The second kappa shape index (κ2) is 4.11. The number of halogens is 2. The van der Waals surface area contributed by atoms with Gasteiger partial charge < -0.3 is 10.8 Å². The first-order valence-electron chi connectivity index (χ1n) is 3.28. The summed E-state index contributed by atoms with van der Waals surface area (Å²) < 4.78 is 12.5. The Hall–Kier alpha value is 0.140. The van der Waals surface area contributed by atoms with E-state index in [0.29, 0.717) is 19.3 Å². The van der Waals surface area contributed by atoms with Crippen molar-refractivity contribution in [2.45, 2.75) is 37.6 Å². The smallest absolute Gasteiger partial charge is 0.115 e. The summed E-state index contributed by atoms with van der Waals surface area (Å²) in [5.74, 6) is 0.